The fourth-order valence-corrected chi connectivity index (χ4v) is 5.30. The van der Waals surface area contributed by atoms with E-state index in [0.29, 0.717) is 31.7 Å². The summed E-state index contributed by atoms with van der Waals surface area (Å²) in [5.74, 6) is 0.650. The maximum atomic E-state index is 12.7. The highest BCUT2D eigenvalue weighted by Gasteiger charge is 2.31. The van der Waals surface area contributed by atoms with E-state index in [9.17, 15) is 13.2 Å². The van der Waals surface area contributed by atoms with Crippen molar-refractivity contribution in [3.8, 4) is 5.75 Å². The lowest BCUT2D eigenvalue weighted by Gasteiger charge is -2.31. The summed E-state index contributed by atoms with van der Waals surface area (Å²) in [7, 11) is -3.22. The van der Waals surface area contributed by atoms with Gasteiger partial charge in [-0.2, -0.15) is 0 Å². The standard InChI is InChI=1S/C22H27NO4S/c1-2-18-9-6-10-20(15-18)27-16-22(24)23-13-11-21(12-14-23)28(25,26)17-19-7-4-3-5-8-19/h3-10,15,21H,2,11-14,16-17H2,1H3. The van der Waals surface area contributed by atoms with Gasteiger partial charge >= 0.3 is 0 Å². The number of amides is 1. The van der Waals surface area contributed by atoms with Crippen molar-refractivity contribution in [1.82, 2.24) is 4.90 Å². The second-order valence-electron chi connectivity index (χ2n) is 7.16. The highest BCUT2D eigenvalue weighted by atomic mass is 32.2. The van der Waals surface area contributed by atoms with Crippen LogP contribution in [0.1, 0.15) is 30.9 Å². The topological polar surface area (TPSA) is 63.7 Å². The van der Waals surface area contributed by atoms with Crippen LogP contribution in [0.2, 0.25) is 0 Å². The molecule has 1 fully saturated rings. The Morgan fingerprint density at radius 2 is 1.71 bits per heavy atom. The van der Waals surface area contributed by atoms with E-state index in [4.69, 9.17) is 4.74 Å². The van der Waals surface area contributed by atoms with Gasteiger partial charge in [0.05, 0.1) is 11.0 Å². The molecule has 2 aromatic carbocycles. The lowest BCUT2D eigenvalue weighted by Crippen LogP contribution is -2.44. The molecule has 0 N–H and O–H groups in total. The van der Waals surface area contributed by atoms with Gasteiger partial charge in [0.15, 0.2) is 16.4 Å². The number of carbonyl (C=O) groups is 1. The summed E-state index contributed by atoms with van der Waals surface area (Å²) < 4.78 is 31.0. The quantitative estimate of drug-likeness (QED) is 0.715. The van der Waals surface area contributed by atoms with E-state index in [-0.39, 0.29) is 23.5 Å². The van der Waals surface area contributed by atoms with Crippen LogP contribution in [0.15, 0.2) is 54.6 Å². The van der Waals surface area contributed by atoms with Crippen molar-refractivity contribution in [2.75, 3.05) is 19.7 Å². The fraction of sp³-hybridized carbons (Fsp3) is 0.409. The molecular weight excluding hydrogens is 374 g/mol. The smallest absolute Gasteiger partial charge is 0.260 e. The summed E-state index contributed by atoms with van der Waals surface area (Å²) in [6.07, 6.45) is 1.87. The summed E-state index contributed by atoms with van der Waals surface area (Å²) >= 11 is 0. The molecule has 0 saturated carbocycles. The second-order valence-corrected chi connectivity index (χ2v) is 9.44. The van der Waals surface area contributed by atoms with Gasteiger partial charge in [-0.25, -0.2) is 8.42 Å². The van der Waals surface area contributed by atoms with E-state index < -0.39 is 9.84 Å². The molecule has 2 aromatic rings. The van der Waals surface area contributed by atoms with E-state index in [0.717, 1.165) is 17.5 Å². The summed E-state index contributed by atoms with van der Waals surface area (Å²) in [5, 5.41) is -0.390. The molecule has 0 atom stereocenters. The number of piperidine rings is 1. The molecule has 0 aliphatic carbocycles. The molecule has 5 nitrogen and oxygen atoms in total. The summed E-state index contributed by atoms with van der Waals surface area (Å²) in [6.45, 7) is 2.96. The summed E-state index contributed by atoms with van der Waals surface area (Å²) in [4.78, 5) is 14.1. The van der Waals surface area contributed by atoms with Crippen LogP contribution < -0.4 is 4.74 Å². The van der Waals surface area contributed by atoms with Crippen molar-refractivity contribution < 1.29 is 17.9 Å². The van der Waals surface area contributed by atoms with Crippen molar-refractivity contribution in [3.63, 3.8) is 0 Å². The third kappa shape index (κ3) is 5.35. The molecule has 28 heavy (non-hydrogen) atoms. The molecule has 1 amide bonds. The average Bonchev–Trinajstić information content (AvgIpc) is 2.72. The third-order valence-corrected chi connectivity index (χ3v) is 7.41. The first-order valence-corrected chi connectivity index (χ1v) is 11.4. The number of rotatable bonds is 7. The van der Waals surface area contributed by atoms with Gasteiger partial charge in [-0.05, 0) is 42.5 Å². The lowest BCUT2D eigenvalue weighted by molar-refractivity contribution is -0.134. The number of nitrogens with zero attached hydrogens (tertiary/aromatic N) is 1. The Morgan fingerprint density at radius 1 is 1.04 bits per heavy atom. The Morgan fingerprint density at radius 3 is 2.39 bits per heavy atom. The lowest BCUT2D eigenvalue weighted by atomic mass is 10.1. The van der Waals surface area contributed by atoms with Crippen molar-refractivity contribution >= 4 is 15.7 Å². The summed E-state index contributed by atoms with van der Waals surface area (Å²) in [6, 6.07) is 17.0. The Labute approximate surface area is 167 Å². The molecule has 0 aromatic heterocycles. The van der Waals surface area contributed by atoms with Crippen LogP contribution >= 0.6 is 0 Å². The molecule has 1 aliphatic rings. The number of sulfone groups is 1. The predicted molar refractivity (Wildman–Crippen MR) is 110 cm³/mol. The largest absolute Gasteiger partial charge is 0.484 e. The first kappa shape index (κ1) is 20.4. The van der Waals surface area contributed by atoms with Gasteiger partial charge < -0.3 is 9.64 Å². The van der Waals surface area contributed by atoms with Crippen molar-refractivity contribution in [3.05, 3.63) is 65.7 Å². The number of hydrogen-bond donors (Lipinski definition) is 0. The highest BCUT2D eigenvalue weighted by Crippen LogP contribution is 2.22. The van der Waals surface area contributed by atoms with Crippen LogP contribution in [-0.4, -0.2) is 44.2 Å². The van der Waals surface area contributed by atoms with E-state index in [2.05, 4.69) is 6.92 Å². The number of ether oxygens (including phenoxy) is 1. The molecular formula is C22H27NO4S. The maximum absolute atomic E-state index is 12.7. The predicted octanol–water partition coefficient (Wildman–Crippen LogP) is 3.23. The van der Waals surface area contributed by atoms with Crippen LogP contribution in [-0.2, 0) is 26.8 Å². The van der Waals surface area contributed by atoms with Crippen molar-refractivity contribution in [2.24, 2.45) is 0 Å². The Bertz CT molecular complexity index is 888. The molecule has 1 saturated heterocycles. The monoisotopic (exact) mass is 401 g/mol. The van der Waals surface area contributed by atoms with Crippen LogP contribution in [0.4, 0.5) is 0 Å². The molecule has 1 heterocycles. The SMILES string of the molecule is CCc1cccc(OCC(=O)N2CCC(S(=O)(=O)Cc3ccccc3)CC2)c1. The van der Waals surface area contributed by atoms with E-state index in [1.54, 1.807) is 4.90 Å². The second kappa shape index (κ2) is 9.24. The van der Waals surface area contributed by atoms with Crippen molar-refractivity contribution in [2.45, 2.75) is 37.2 Å². The average molecular weight is 402 g/mol. The fourth-order valence-electron chi connectivity index (χ4n) is 3.48. The zero-order chi connectivity index (χ0) is 20.0. The van der Waals surface area contributed by atoms with Gasteiger partial charge in [-0.15, -0.1) is 0 Å². The Balaban J connectivity index is 1.49. The van der Waals surface area contributed by atoms with Gasteiger partial charge in [-0.3, -0.25) is 4.79 Å². The van der Waals surface area contributed by atoms with Gasteiger partial charge in [0.2, 0.25) is 0 Å². The van der Waals surface area contributed by atoms with Crippen LogP contribution in [0, 0.1) is 0 Å². The zero-order valence-electron chi connectivity index (χ0n) is 16.2. The highest BCUT2D eigenvalue weighted by molar-refractivity contribution is 7.91. The minimum atomic E-state index is -3.22. The normalized spacial score (nSPS) is 15.4. The molecule has 0 spiro atoms. The van der Waals surface area contributed by atoms with E-state index >= 15 is 0 Å². The van der Waals surface area contributed by atoms with Gasteiger partial charge in [0.1, 0.15) is 5.75 Å². The van der Waals surface area contributed by atoms with Gasteiger partial charge in [-0.1, -0.05) is 49.4 Å². The van der Waals surface area contributed by atoms with Gasteiger partial charge in [0.25, 0.3) is 5.91 Å². The first-order valence-electron chi connectivity index (χ1n) is 9.73. The minimum absolute atomic E-state index is 0.0192. The number of aryl methyl sites for hydroxylation is 1. The maximum Gasteiger partial charge on any atom is 0.260 e. The van der Waals surface area contributed by atoms with Gasteiger partial charge in [0, 0.05) is 13.1 Å². The zero-order valence-corrected chi connectivity index (χ0v) is 17.0. The number of hydrogen-bond acceptors (Lipinski definition) is 4. The number of likely N-dealkylation sites (tertiary alicyclic amines) is 1. The molecule has 1 aliphatic heterocycles. The number of benzene rings is 2. The Hall–Kier alpha value is -2.34. The first-order chi connectivity index (χ1) is 13.5. The van der Waals surface area contributed by atoms with E-state index in [1.165, 1.54) is 0 Å². The molecule has 0 unspecified atom stereocenters. The third-order valence-electron chi connectivity index (χ3n) is 5.18. The van der Waals surface area contributed by atoms with Crippen LogP contribution in [0.3, 0.4) is 0 Å². The van der Waals surface area contributed by atoms with Crippen molar-refractivity contribution in [1.29, 1.82) is 0 Å². The molecule has 0 bridgehead atoms. The molecule has 3 rings (SSSR count). The van der Waals surface area contributed by atoms with E-state index in [1.807, 2.05) is 54.6 Å². The molecule has 150 valence electrons. The van der Waals surface area contributed by atoms with Crippen LogP contribution in [0.25, 0.3) is 0 Å². The Kier molecular flexibility index (Phi) is 6.73. The summed E-state index contributed by atoms with van der Waals surface area (Å²) in [5.41, 5.74) is 1.97. The minimum Gasteiger partial charge on any atom is -0.484 e. The molecule has 0 radical (unpaired) electrons. The molecule has 6 heteroatoms. The number of carbonyl (C=O) groups excluding carboxylic acids is 1. The van der Waals surface area contributed by atoms with Crippen LogP contribution in [0.5, 0.6) is 5.75 Å².